The molecule has 0 aliphatic carbocycles. The lowest BCUT2D eigenvalue weighted by Gasteiger charge is -2.35. The maximum Gasteiger partial charge on any atom is 0.0829 e. The molecule has 2 aliphatic heterocycles. The molecule has 2 aliphatic rings. The fourth-order valence-corrected chi connectivity index (χ4v) is 3.06. The number of rotatable bonds is 5. The molecule has 0 aromatic heterocycles. The van der Waals surface area contributed by atoms with Crippen molar-refractivity contribution >= 4 is 0 Å². The Hall–Kier alpha value is -0.160. The van der Waals surface area contributed by atoms with Crippen LogP contribution in [0.3, 0.4) is 0 Å². The smallest absolute Gasteiger partial charge is 0.0829 e. The fraction of sp³-hybridized carbons (Fsp3) is 1.00. The minimum Gasteiger partial charge on any atom is -0.374 e. The van der Waals surface area contributed by atoms with E-state index in [0.717, 1.165) is 39.3 Å². The summed E-state index contributed by atoms with van der Waals surface area (Å²) in [6, 6.07) is 0.689. The summed E-state index contributed by atoms with van der Waals surface area (Å²) in [5.74, 6) is 0. The summed E-state index contributed by atoms with van der Waals surface area (Å²) in [7, 11) is 2.23. The van der Waals surface area contributed by atoms with Crippen molar-refractivity contribution in [3.63, 3.8) is 0 Å². The van der Waals surface area contributed by atoms with E-state index in [1.54, 1.807) is 0 Å². The van der Waals surface area contributed by atoms with Crippen LogP contribution in [0.4, 0.5) is 0 Å². The first-order chi connectivity index (χ1) is 8.78. The first-order valence-electron chi connectivity index (χ1n) is 7.54. The van der Waals surface area contributed by atoms with Gasteiger partial charge >= 0.3 is 0 Å². The van der Waals surface area contributed by atoms with Gasteiger partial charge < -0.3 is 15.0 Å². The van der Waals surface area contributed by atoms with E-state index >= 15 is 0 Å². The molecule has 106 valence electrons. The number of hydrogen-bond donors (Lipinski definition) is 1. The lowest BCUT2D eigenvalue weighted by atomic mass is 10.0. The maximum atomic E-state index is 5.87. The number of hydrogen-bond acceptors (Lipinski definition) is 4. The lowest BCUT2D eigenvalue weighted by Crippen LogP contribution is -2.49. The minimum atomic E-state index is 0.396. The Morgan fingerprint density at radius 3 is 2.94 bits per heavy atom. The highest BCUT2D eigenvalue weighted by atomic mass is 16.5. The number of piperidine rings is 1. The molecule has 0 saturated carbocycles. The molecule has 0 radical (unpaired) electrons. The molecule has 0 aromatic carbocycles. The molecular weight excluding hydrogens is 226 g/mol. The van der Waals surface area contributed by atoms with Crippen LogP contribution in [0.2, 0.25) is 0 Å². The van der Waals surface area contributed by atoms with Crippen LogP contribution in [0.1, 0.15) is 26.2 Å². The first kappa shape index (κ1) is 14.3. The Bertz CT molecular complexity index is 231. The summed E-state index contributed by atoms with van der Waals surface area (Å²) in [6.07, 6.45) is 4.45. The molecule has 2 saturated heterocycles. The summed E-state index contributed by atoms with van der Waals surface area (Å²) in [5, 5.41) is 3.61. The number of nitrogens with one attached hydrogen (secondary N) is 1. The van der Waals surface area contributed by atoms with Gasteiger partial charge in [-0.15, -0.1) is 0 Å². The van der Waals surface area contributed by atoms with Crippen LogP contribution >= 0.6 is 0 Å². The van der Waals surface area contributed by atoms with Gasteiger partial charge in [0.2, 0.25) is 0 Å². The Labute approximate surface area is 112 Å². The van der Waals surface area contributed by atoms with Crippen LogP contribution in [0.5, 0.6) is 0 Å². The van der Waals surface area contributed by atoms with Gasteiger partial charge in [0.05, 0.1) is 12.7 Å². The molecule has 4 heteroatoms. The topological polar surface area (TPSA) is 27.7 Å². The van der Waals surface area contributed by atoms with Crippen molar-refractivity contribution in [2.45, 2.75) is 38.3 Å². The van der Waals surface area contributed by atoms with Crippen LogP contribution in [0, 0.1) is 0 Å². The van der Waals surface area contributed by atoms with Crippen molar-refractivity contribution in [2.75, 3.05) is 52.9 Å². The van der Waals surface area contributed by atoms with Crippen molar-refractivity contribution in [2.24, 2.45) is 0 Å². The van der Waals surface area contributed by atoms with E-state index in [1.165, 1.54) is 25.8 Å². The van der Waals surface area contributed by atoms with Crippen LogP contribution < -0.4 is 5.32 Å². The van der Waals surface area contributed by atoms with Gasteiger partial charge in [-0.05, 0) is 33.0 Å². The van der Waals surface area contributed by atoms with Crippen LogP contribution in [0.25, 0.3) is 0 Å². The summed E-state index contributed by atoms with van der Waals surface area (Å²) in [4.78, 5) is 4.92. The van der Waals surface area contributed by atoms with Gasteiger partial charge in [0, 0.05) is 32.2 Å². The number of likely N-dealkylation sites (N-methyl/N-ethyl adjacent to an activating group) is 2. The van der Waals surface area contributed by atoms with E-state index in [1.807, 2.05) is 0 Å². The normalized spacial score (nSPS) is 30.8. The SMILES string of the molecule is CCN1CCOC(CN(C)CC2CCCCN2)C1. The Balaban J connectivity index is 1.67. The summed E-state index contributed by atoms with van der Waals surface area (Å²) in [6.45, 7) is 9.89. The predicted octanol–water partition coefficient (Wildman–Crippen LogP) is 0.781. The molecule has 2 heterocycles. The van der Waals surface area contributed by atoms with Crippen LogP contribution in [-0.2, 0) is 4.74 Å². The quantitative estimate of drug-likeness (QED) is 0.786. The van der Waals surface area contributed by atoms with Gasteiger partial charge in [-0.1, -0.05) is 13.3 Å². The monoisotopic (exact) mass is 255 g/mol. The minimum absolute atomic E-state index is 0.396. The van der Waals surface area contributed by atoms with Gasteiger partial charge in [0.1, 0.15) is 0 Å². The van der Waals surface area contributed by atoms with E-state index in [2.05, 4.69) is 29.1 Å². The molecule has 2 rings (SSSR count). The van der Waals surface area contributed by atoms with Crippen molar-refractivity contribution in [3.05, 3.63) is 0 Å². The first-order valence-corrected chi connectivity index (χ1v) is 7.54. The zero-order valence-electron chi connectivity index (χ0n) is 12.0. The molecule has 0 amide bonds. The van der Waals surface area contributed by atoms with Crippen LogP contribution in [0.15, 0.2) is 0 Å². The largest absolute Gasteiger partial charge is 0.374 e. The molecule has 2 atom stereocenters. The highest BCUT2D eigenvalue weighted by Crippen LogP contribution is 2.10. The average Bonchev–Trinajstić information content (AvgIpc) is 2.40. The molecule has 1 N–H and O–H groups in total. The van der Waals surface area contributed by atoms with Gasteiger partial charge in [-0.2, -0.15) is 0 Å². The van der Waals surface area contributed by atoms with Gasteiger partial charge in [-0.3, -0.25) is 4.90 Å². The highest BCUT2D eigenvalue weighted by molar-refractivity contribution is 4.78. The number of ether oxygens (including phenoxy) is 1. The molecule has 4 nitrogen and oxygen atoms in total. The van der Waals surface area contributed by atoms with E-state index in [9.17, 15) is 0 Å². The highest BCUT2D eigenvalue weighted by Gasteiger charge is 2.22. The standard InChI is InChI=1S/C14H29N3O/c1-3-17-8-9-18-14(12-17)11-16(2)10-13-6-4-5-7-15-13/h13-15H,3-12H2,1-2H3. The van der Waals surface area contributed by atoms with Crippen molar-refractivity contribution < 1.29 is 4.74 Å². The van der Waals surface area contributed by atoms with Crippen molar-refractivity contribution in [1.29, 1.82) is 0 Å². The van der Waals surface area contributed by atoms with Gasteiger partial charge in [0.15, 0.2) is 0 Å². The molecular formula is C14H29N3O. The molecule has 0 spiro atoms. The zero-order valence-corrected chi connectivity index (χ0v) is 12.0. The second-order valence-corrected chi connectivity index (χ2v) is 5.75. The third-order valence-corrected chi connectivity index (χ3v) is 4.13. The van der Waals surface area contributed by atoms with Crippen molar-refractivity contribution in [1.82, 2.24) is 15.1 Å². The third kappa shape index (κ3) is 4.50. The van der Waals surface area contributed by atoms with E-state index in [-0.39, 0.29) is 0 Å². The molecule has 2 unspecified atom stereocenters. The lowest BCUT2D eigenvalue weighted by molar-refractivity contribution is -0.0397. The summed E-state index contributed by atoms with van der Waals surface area (Å²) in [5.41, 5.74) is 0. The van der Waals surface area contributed by atoms with Gasteiger partial charge in [0.25, 0.3) is 0 Å². The van der Waals surface area contributed by atoms with Crippen molar-refractivity contribution in [3.8, 4) is 0 Å². The molecule has 0 bridgehead atoms. The second kappa shape index (κ2) is 7.43. The number of morpholine rings is 1. The predicted molar refractivity (Wildman–Crippen MR) is 75.0 cm³/mol. The number of nitrogens with zero attached hydrogens (tertiary/aromatic N) is 2. The Kier molecular flexibility index (Phi) is 5.89. The molecule has 18 heavy (non-hydrogen) atoms. The Morgan fingerprint density at radius 1 is 1.33 bits per heavy atom. The van der Waals surface area contributed by atoms with E-state index in [4.69, 9.17) is 4.74 Å². The average molecular weight is 255 g/mol. The van der Waals surface area contributed by atoms with Crippen LogP contribution in [-0.4, -0.2) is 74.9 Å². The fourth-order valence-electron chi connectivity index (χ4n) is 3.06. The summed E-state index contributed by atoms with van der Waals surface area (Å²) < 4.78 is 5.87. The van der Waals surface area contributed by atoms with Gasteiger partial charge in [-0.25, -0.2) is 0 Å². The summed E-state index contributed by atoms with van der Waals surface area (Å²) >= 11 is 0. The second-order valence-electron chi connectivity index (χ2n) is 5.75. The van der Waals surface area contributed by atoms with E-state index < -0.39 is 0 Å². The third-order valence-electron chi connectivity index (χ3n) is 4.13. The zero-order chi connectivity index (χ0) is 12.8. The molecule has 2 fully saturated rings. The molecule has 0 aromatic rings. The van der Waals surface area contributed by atoms with E-state index in [0.29, 0.717) is 12.1 Å². The Morgan fingerprint density at radius 2 is 2.22 bits per heavy atom. The maximum absolute atomic E-state index is 5.87.